The van der Waals surface area contributed by atoms with Crippen molar-refractivity contribution >= 4 is 9.84 Å². The van der Waals surface area contributed by atoms with Gasteiger partial charge < -0.3 is 5.32 Å². The van der Waals surface area contributed by atoms with Gasteiger partial charge in [-0.05, 0) is 38.6 Å². The Balaban J connectivity index is 2.36. The minimum atomic E-state index is -2.78. The van der Waals surface area contributed by atoms with Crippen molar-refractivity contribution in [2.24, 2.45) is 5.92 Å². The largest absolute Gasteiger partial charge is 0.317 e. The minimum absolute atomic E-state index is 0.351. The maximum absolute atomic E-state index is 11.6. The van der Waals surface area contributed by atoms with Crippen molar-refractivity contribution in [3.63, 3.8) is 0 Å². The van der Waals surface area contributed by atoms with Crippen LogP contribution in [-0.4, -0.2) is 33.0 Å². The quantitative estimate of drug-likeness (QED) is 0.758. The molecule has 15 heavy (non-hydrogen) atoms. The summed E-state index contributed by atoms with van der Waals surface area (Å²) in [4.78, 5) is 0. The number of hydrogen-bond acceptors (Lipinski definition) is 3. The fourth-order valence-electron chi connectivity index (χ4n) is 2.51. The van der Waals surface area contributed by atoms with Crippen LogP contribution >= 0.6 is 0 Å². The van der Waals surface area contributed by atoms with E-state index < -0.39 is 9.84 Å². The summed E-state index contributed by atoms with van der Waals surface area (Å²) in [6.45, 7) is 1.92. The molecular formula is C11H23NO2S. The van der Waals surface area contributed by atoms with Crippen LogP contribution in [0.2, 0.25) is 0 Å². The number of rotatable bonds is 6. The van der Waals surface area contributed by atoms with Crippen LogP contribution in [0, 0.1) is 5.92 Å². The van der Waals surface area contributed by atoms with Crippen LogP contribution in [0.3, 0.4) is 0 Å². The Labute approximate surface area is 93.6 Å². The summed E-state index contributed by atoms with van der Waals surface area (Å²) in [6, 6.07) is 0.543. The van der Waals surface area contributed by atoms with Gasteiger partial charge in [-0.3, -0.25) is 0 Å². The van der Waals surface area contributed by atoms with E-state index in [1.807, 2.05) is 14.0 Å². The molecule has 1 fully saturated rings. The summed E-state index contributed by atoms with van der Waals surface area (Å²) in [7, 11) is -0.803. The molecule has 1 aliphatic rings. The molecule has 0 aromatic carbocycles. The van der Waals surface area contributed by atoms with Crippen LogP contribution < -0.4 is 5.32 Å². The van der Waals surface area contributed by atoms with Crippen LogP contribution in [0.1, 0.15) is 39.0 Å². The minimum Gasteiger partial charge on any atom is -0.317 e. The Hall–Kier alpha value is -0.0900. The highest BCUT2D eigenvalue weighted by Gasteiger charge is 2.26. The Bertz CT molecular complexity index is 274. The highest BCUT2D eigenvalue weighted by atomic mass is 32.2. The van der Waals surface area contributed by atoms with E-state index >= 15 is 0 Å². The first-order chi connectivity index (χ1) is 7.09. The fraction of sp³-hybridized carbons (Fsp3) is 1.00. The van der Waals surface area contributed by atoms with E-state index in [1.165, 1.54) is 19.3 Å². The molecule has 0 aromatic rings. The molecule has 90 valence electrons. The zero-order valence-electron chi connectivity index (χ0n) is 9.83. The molecule has 0 radical (unpaired) electrons. The monoisotopic (exact) mass is 233 g/mol. The lowest BCUT2D eigenvalue weighted by molar-refractivity contribution is 0.414. The molecule has 2 atom stereocenters. The van der Waals surface area contributed by atoms with Crippen LogP contribution in [0.5, 0.6) is 0 Å². The number of hydrogen-bond donors (Lipinski definition) is 1. The summed E-state index contributed by atoms with van der Waals surface area (Å²) < 4.78 is 23.1. The third kappa shape index (κ3) is 4.11. The predicted octanol–water partition coefficient (Wildman–Crippen LogP) is 1.59. The highest BCUT2D eigenvalue weighted by Crippen LogP contribution is 2.28. The second-order valence-corrected chi connectivity index (χ2v) is 6.83. The van der Waals surface area contributed by atoms with Crippen molar-refractivity contribution in [2.75, 3.05) is 18.6 Å². The number of sulfone groups is 1. The van der Waals surface area contributed by atoms with Gasteiger partial charge in [0.25, 0.3) is 0 Å². The summed E-state index contributed by atoms with van der Waals surface area (Å²) >= 11 is 0. The third-order valence-electron chi connectivity index (χ3n) is 3.34. The van der Waals surface area contributed by atoms with Gasteiger partial charge in [-0.1, -0.05) is 13.3 Å². The molecule has 4 heteroatoms. The van der Waals surface area contributed by atoms with Gasteiger partial charge in [-0.25, -0.2) is 8.42 Å². The molecule has 2 unspecified atom stereocenters. The lowest BCUT2D eigenvalue weighted by atomic mass is 10.0. The van der Waals surface area contributed by atoms with Crippen molar-refractivity contribution in [1.82, 2.24) is 5.32 Å². The van der Waals surface area contributed by atoms with E-state index in [4.69, 9.17) is 0 Å². The Morgan fingerprint density at radius 1 is 1.27 bits per heavy atom. The normalized spacial score (nSPS) is 27.1. The van der Waals surface area contributed by atoms with Gasteiger partial charge in [0.05, 0.1) is 5.75 Å². The predicted molar refractivity (Wildman–Crippen MR) is 63.8 cm³/mol. The van der Waals surface area contributed by atoms with Crippen LogP contribution in [0.25, 0.3) is 0 Å². The molecule has 0 heterocycles. The van der Waals surface area contributed by atoms with Crippen molar-refractivity contribution in [3.05, 3.63) is 0 Å². The van der Waals surface area contributed by atoms with Gasteiger partial charge in [-0.2, -0.15) is 0 Å². The van der Waals surface area contributed by atoms with Crippen LogP contribution in [0.4, 0.5) is 0 Å². The molecular weight excluding hydrogens is 210 g/mol. The van der Waals surface area contributed by atoms with E-state index in [0.29, 0.717) is 23.5 Å². The average Bonchev–Trinajstić information content (AvgIpc) is 2.62. The molecule has 1 saturated carbocycles. The second-order valence-electron chi connectivity index (χ2n) is 4.53. The Morgan fingerprint density at radius 3 is 2.60 bits per heavy atom. The average molecular weight is 233 g/mol. The maximum atomic E-state index is 11.6. The summed E-state index contributed by atoms with van der Waals surface area (Å²) in [5, 5.41) is 3.29. The van der Waals surface area contributed by atoms with Gasteiger partial charge in [0.1, 0.15) is 9.84 Å². The van der Waals surface area contributed by atoms with Crippen molar-refractivity contribution in [1.29, 1.82) is 0 Å². The first-order valence-corrected chi connectivity index (χ1v) is 7.79. The Morgan fingerprint density at radius 2 is 2.00 bits per heavy atom. The van der Waals surface area contributed by atoms with Crippen LogP contribution in [0.15, 0.2) is 0 Å². The zero-order chi connectivity index (χ0) is 11.3. The summed E-state index contributed by atoms with van der Waals surface area (Å²) in [5.41, 5.74) is 0. The zero-order valence-corrected chi connectivity index (χ0v) is 10.6. The number of nitrogens with one attached hydrogen (secondary N) is 1. The van der Waals surface area contributed by atoms with Gasteiger partial charge in [-0.15, -0.1) is 0 Å². The molecule has 0 aliphatic heterocycles. The lowest BCUT2D eigenvalue weighted by Crippen LogP contribution is -2.30. The first kappa shape index (κ1) is 13.0. The molecule has 3 nitrogen and oxygen atoms in total. The molecule has 0 spiro atoms. The SMILES string of the molecule is CCCS(=O)(=O)CCC1CCCC1NC. The van der Waals surface area contributed by atoms with Gasteiger partial charge >= 0.3 is 0 Å². The molecule has 1 rings (SSSR count). The van der Waals surface area contributed by atoms with E-state index in [0.717, 1.165) is 12.8 Å². The standard InChI is InChI=1S/C11H23NO2S/c1-3-8-15(13,14)9-7-10-5-4-6-11(10)12-2/h10-12H,3-9H2,1-2H3. The van der Waals surface area contributed by atoms with Crippen LogP contribution in [-0.2, 0) is 9.84 Å². The maximum Gasteiger partial charge on any atom is 0.150 e. The third-order valence-corrected chi connectivity index (χ3v) is 5.23. The van der Waals surface area contributed by atoms with Crippen molar-refractivity contribution in [2.45, 2.75) is 45.1 Å². The molecule has 0 aromatic heterocycles. The van der Waals surface area contributed by atoms with E-state index in [9.17, 15) is 8.42 Å². The molecule has 0 amide bonds. The topological polar surface area (TPSA) is 46.2 Å². The van der Waals surface area contributed by atoms with Gasteiger partial charge in [0.15, 0.2) is 0 Å². The lowest BCUT2D eigenvalue weighted by Gasteiger charge is -2.18. The summed E-state index contributed by atoms with van der Waals surface area (Å²) in [5.74, 6) is 1.30. The second kappa shape index (κ2) is 5.85. The first-order valence-electron chi connectivity index (χ1n) is 5.96. The van der Waals surface area contributed by atoms with E-state index in [1.54, 1.807) is 0 Å². The molecule has 1 aliphatic carbocycles. The van der Waals surface area contributed by atoms with Gasteiger partial charge in [0, 0.05) is 11.8 Å². The fourth-order valence-corrected chi connectivity index (χ4v) is 3.99. The Kier molecular flexibility index (Phi) is 5.06. The van der Waals surface area contributed by atoms with E-state index in [2.05, 4.69) is 5.32 Å². The molecule has 0 saturated heterocycles. The van der Waals surface area contributed by atoms with Crippen molar-refractivity contribution < 1.29 is 8.42 Å². The molecule has 1 N–H and O–H groups in total. The highest BCUT2D eigenvalue weighted by molar-refractivity contribution is 7.91. The smallest absolute Gasteiger partial charge is 0.150 e. The summed E-state index contributed by atoms with van der Waals surface area (Å²) in [6.07, 6.45) is 5.21. The van der Waals surface area contributed by atoms with Gasteiger partial charge in [0.2, 0.25) is 0 Å². The molecule has 0 bridgehead atoms. The van der Waals surface area contributed by atoms with E-state index in [-0.39, 0.29) is 0 Å². The van der Waals surface area contributed by atoms with Crippen molar-refractivity contribution in [3.8, 4) is 0 Å².